The molecule has 2 aliphatic heterocycles. The minimum Gasteiger partial charge on any atom is -0.453 e. The molecule has 4 heterocycles. The van der Waals surface area contributed by atoms with E-state index < -0.39 is 30.5 Å². The third kappa shape index (κ3) is 8.68. The van der Waals surface area contributed by atoms with Gasteiger partial charge in [0.25, 0.3) is 0 Å². The number of nitrogens with zero attached hydrogens (tertiary/aromatic N) is 5. The molecule has 3 fully saturated rings. The van der Waals surface area contributed by atoms with Gasteiger partial charge >= 0.3 is 12.2 Å². The number of hydrogen-bond donors (Lipinski definition) is 5. The van der Waals surface area contributed by atoms with Crippen molar-refractivity contribution in [1.82, 2.24) is 40.4 Å². The second kappa shape index (κ2) is 17.7. The quantitative estimate of drug-likeness (QED) is 0.0761. The number of amides is 3. The normalized spacial score (nSPS) is 21.1. The number of likely N-dealkylation sites (tertiary alicyclic amines) is 2. The molecule has 0 radical (unpaired) electrons. The van der Waals surface area contributed by atoms with Crippen LogP contribution in [0.1, 0.15) is 76.6 Å². The van der Waals surface area contributed by atoms with Crippen LogP contribution >= 0.6 is 0 Å². The van der Waals surface area contributed by atoms with Gasteiger partial charge in [0.05, 0.1) is 56.1 Å². The van der Waals surface area contributed by atoms with Crippen molar-refractivity contribution in [3.05, 3.63) is 84.7 Å². The fraction of sp³-hybridized carbons (Fsp3) is 0.447. The van der Waals surface area contributed by atoms with Crippen LogP contribution < -0.4 is 10.6 Å². The molecule has 5 aromatic rings. The molecule has 3 aliphatic rings. The average molecular weight is 844 g/mol. The molecule has 1 spiro atoms. The maximum Gasteiger partial charge on any atom is 0.407 e. The van der Waals surface area contributed by atoms with Gasteiger partial charge in [0.15, 0.2) is 0 Å². The Bertz CT molecular complexity index is 2440. The molecule has 3 amide bonds. The maximum absolute atomic E-state index is 13.9. The SMILES string of the molecule is CCC(NC(=O)OC)C(O)N1CC(C=NC)CC1c1ncc(-c2ccc3cc(-c4ccc(-c5cnc(C6CC7(CC7)CN6C(=O)C(NC(=O)OC)C(C)C)[nH]5)cc4)ccc3c2)[nH]1. The Morgan fingerprint density at radius 2 is 1.45 bits per heavy atom. The fourth-order valence-corrected chi connectivity index (χ4v) is 9.29. The van der Waals surface area contributed by atoms with Gasteiger partial charge < -0.3 is 45.1 Å². The first-order chi connectivity index (χ1) is 29.9. The van der Waals surface area contributed by atoms with Crippen molar-refractivity contribution in [2.75, 3.05) is 34.4 Å². The summed E-state index contributed by atoms with van der Waals surface area (Å²) in [4.78, 5) is 62.8. The summed E-state index contributed by atoms with van der Waals surface area (Å²) in [7, 11) is 4.37. The molecule has 15 nitrogen and oxygen atoms in total. The van der Waals surface area contributed by atoms with Gasteiger partial charge in [-0.2, -0.15) is 0 Å². The second-order valence-corrected chi connectivity index (χ2v) is 17.4. The average Bonchev–Trinajstić information content (AvgIpc) is 3.78. The summed E-state index contributed by atoms with van der Waals surface area (Å²) in [5.74, 6) is 1.41. The Morgan fingerprint density at radius 1 is 0.871 bits per heavy atom. The Kier molecular flexibility index (Phi) is 12.2. The zero-order valence-corrected chi connectivity index (χ0v) is 36.2. The summed E-state index contributed by atoms with van der Waals surface area (Å²) in [6, 6.07) is 19.6. The van der Waals surface area contributed by atoms with Crippen LogP contribution in [0.15, 0.2) is 78.0 Å². The molecule has 326 valence electrons. The topological polar surface area (TPSA) is 190 Å². The van der Waals surface area contributed by atoms with Gasteiger partial charge in [0, 0.05) is 37.8 Å². The highest BCUT2D eigenvalue weighted by Crippen LogP contribution is 2.58. The third-order valence-electron chi connectivity index (χ3n) is 13.0. The molecule has 3 aromatic carbocycles. The minimum atomic E-state index is -0.943. The number of hydrogen-bond acceptors (Lipinski definition) is 10. The standard InChI is InChI=1S/C47H57N9O6/c1-7-35(53-45(59)61-5)43(57)55-25-28(22-48-4)18-38(55)41-49-24-37(52-41)34-15-14-32-19-31(12-13-33(32)20-34)29-8-10-30(11-9-29)36-23-50-42(51-36)39-21-47(16-17-47)26-56(39)44(58)40(27(2)3)54-46(60)62-6/h8-15,19-20,22-24,27-28,35,38-40,43,57H,7,16-18,21,25-26H2,1-6H3,(H,49,52)(H,50,51)(H,53,59)(H,54,60). The number of aliphatic hydroxyl groups is 1. The zero-order chi connectivity index (χ0) is 43.7. The summed E-state index contributed by atoms with van der Waals surface area (Å²) >= 11 is 0. The smallest absolute Gasteiger partial charge is 0.407 e. The molecule has 15 heteroatoms. The number of aliphatic imine (C=N–C) groups is 1. The summed E-state index contributed by atoms with van der Waals surface area (Å²) in [6.07, 6.45) is 7.72. The number of rotatable bonds is 13. The van der Waals surface area contributed by atoms with E-state index in [9.17, 15) is 19.5 Å². The molecular weight excluding hydrogens is 787 g/mol. The van der Waals surface area contributed by atoms with E-state index in [1.165, 1.54) is 14.2 Å². The number of aromatic nitrogens is 4. The number of H-pyrrole nitrogens is 2. The molecule has 6 unspecified atom stereocenters. The van der Waals surface area contributed by atoms with Crippen molar-refractivity contribution in [2.45, 2.75) is 83.3 Å². The molecule has 8 rings (SSSR count). The van der Waals surface area contributed by atoms with E-state index in [1.54, 1.807) is 7.05 Å². The minimum absolute atomic E-state index is 0.105. The Hall–Kier alpha value is -6.06. The lowest BCUT2D eigenvalue weighted by Gasteiger charge is -2.33. The van der Waals surface area contributed by atoms with E-state index in [2.05, 4.69) is 86.3 Å². The largest absolute Gasteiger partial charge is 0.453 e. The van der Waals surface area contributed by atoms with E-state index in [0.717, 1.165) is 81.7 Å². The number of aromatic amines is 2. The lowest BCUT2D eigenvalue weighted by molar-refractivity contribution is -0.135. The summed E-state index contributed by atoms with van der Waals surface area (Å²) in [6.45, 7) is 7.00. The zero-order valence-electron chi connectivity index (χ0n) is 36.2. The predicted molar refractivity (Wildman–Crippen MR) is 237 cm³/mol. The first-order valence-corrected chi connectivity index (χ1v) is 21.5. The van der Waals surface area contributed by atoms with Crippen LogP contribution in [0.3, 0.4) is 0 Å². The van der Waals surface area contributed by atoms with Gasteiger partial charge in [0.2, 0.25) is 5.91 Å². The van der Waals surface area contributed by atoms with Gasteiger partial charge in [-0.05, 0) is 83.0 Å². The highest BCUT2D eigenvalue weighted by Gasteiger charge is 2.55. The molecule has 6 atom stereocenters. The van der Waals surface area contributed by atoms with Gasteiger partial charge in [0.1, 0.15) is 23.9 Å². The number of alkyl carbamates (subject to hydrolysis) is 2. The Labute approximate surface area is 361 Å². The molecular formula is C47H57N9O6. The predicted octanol–water partition coefficient (Wildman–Crippen LogP) is 7.24. The summed E-state index contributed by atoms with van der Waals surface area (Å²) in [5.41, 5.74) is 6.05. The molecule has 2 saturated heterocycles. The van der Waals surface area contributed by atoms with Gasteiger partial charge in [-0.3, -0.25) is 9.69 Å². The van der Waals surface area contributed by atoms with Crippen LogP contribution in [-0.2, 0) is 14.3 Å². The Morgan fingerprint density at radius 3 is 2.06 bits per heavy atom. The Balaban J connectivity index is 0.961. The van der Waals surface area contributed by atoms with E-state index in [4.69, 9.17) is 19.4 Å². The van der Waals surface area contributed by atoms with E-state index in [1.807, 2.05) is 49.2 Å². The van der Waals surface area contributed by atoms with Gasteiger partial charge in [-0.1, -0.05) is 69.3 Å². The number of methoxy groups -OCH3 is 2. The van der Waals surface area contributed by atoms with Crippen molar-refractivity contribution in [1.29, 1.82) is 0 Å². The molecule has 1 saturated carbocycles. The van der Waals surface area contributed by atoms with Crippen LogP contribution in [0.5, 0.6) is 0 Å². The number of carbonyl (C=O) groups is 3. The number of aliphatic hydroxyl groups excluding tert-OH is 1. The van der Waals surface area contributed by atoms with Crippen LogP contribution in [0, 0.1) is 17.3 Å². The maximum atomic E-state index is 13.9. The van der Waals surface area contributed by atoms with Gasteiger partial charge in [-0.15, -0.1) is 0 Å². The lowest BCUT2D eigenvalue weighted by Crippen LogP contribution is -2.51. The number of fused-ring (bicyclic) bond motifs is 1. The van der Waals surface area contributed by atoms with Crippen molar-refractivity contribution >= 4 is 35.1 Å². The number of carbonyl (C=O) groups excluding carboxylic acids is 3. The number of benzene rings is 3. The molecule has 1 aliphatic carbocycles. The summed E-state index contributed by atoms with van der Waals surface area (Å²) in [5, 5.41) is 19.2. The second-order valence-electron chi connectivity index (χ2n) is 17.4. The van der Waals surface area contributed by atoms with Crippen LogP contribution in [0.4, 0.5) is 9.59 Å². The fourth-order valence-electron chi connectivity index (χ4n) is 9.29. The highest BCUT2D eigenvalue weighted by molar-refractivity contribution is 5.91. The lowest BCUT2D eigenvalue weighted by atomic mass is 9.98. The molecule has 2 aromatic heterocycles. The van der Waals surface area contributed by atoms with Crippen LogP contribution in [0.2, 0.25) is 0 Å². The van der Waals surface area contributed by atoms with Gasteiger partial charge in [-0.25, -0.2) is 19.6 Å². The van der Waals surface area contributed by atoms with Crippen LogP contribution in [-0.4, -0.2) is 112 Å². The highest BCUT2D eigenvalue weighted by atomic mass is 16.5. The van der Waals surface area contributed by atoms with Crippen molar-refractivity contribution < 1.29 is 29.0 Å². The molecule has 5 N–H and O–H groups in total. The van der Waals surface area contributed by atoms with E-state index in [0.29, 0.717) is 19.5 Å². The van der Waals surface area contributed by atoms with Crippen molar-refractivity contribution in [2.24, 2.45) is 22.2 Å². The third-order valence-corrected chi connectivity index (χ3v) is 13.0. The molecule has 0 bridgehead atoms. The van der Waals surface area contributed by atoms with Crippen LogP contribution in [0.25, 0.3) is 44.4 Å². The first-order valence-electron chi connectivity index (χ1n) is 21.5. The summed E-state index contributed by atoms with van der Waals surface area (Å²) < 4.78 is 9.62. The van der Waals surface area contributed by atoms with Crippen molar-refractivity contribution in [3.8, 4) is 33.6 Å². The van der Waals surface area contributed by atoms with Crippen molar-refractivity contribution in [3.63, 3.8) is 0 Å². The van der Waals surface area contributed by atoms with E-state index >= 15 is 0 Å². The number of nitrogens with one attached hydrogen (secondary N) is 4. The number of ether oxygens (including phenoxy) is 2. The van der Waals surface area contributed by atoms with E-state index in [-0.39, 0.29) is 35.2 Å². The number of imidazole rings is 2. The monoisotopic (exact) mass is 843 g/mol. The first kappa shape index (κ1) is 42.6. The molecule has 62 heavy (non-hydrogen) atoms.